The Balaban J connectivity index is 1.44. The maximum atomic E-state index is 13.5. The molecule has 0 aliphatic heterocycles. The van der Waals surface area contributed by atoms with Crippen LogP contribution in [-0.4, -0.2) is 30.2 Å². The van der Waals surface area contributed by atoms with Crippen LogP contribution in [0.25, 0.3) is 22.0 Å². The highest BCUT2D eigenvalue weighted by molar-refractivity contribution is 9.10. The predicted molar refractivity (Wildman–Crippen MR) is 165 cm³/mol. The molecule has 5 aromatic rings. The number of carbonyl (C=O) groups is 2. The summed E-state index contributed by atoms with van der Waals surface area (Å²) in [4.78, 5) is 29.6. The molecule has 0 aliphatic rings. The van der Waals surface area contributed by atoms with Crippen LogP contribution in [0.2, 0.25) is 5.02 Å². The van der Waals surface area contributed by atoms with Gasteiger partial charge in [-0.2, -0.15) is 5.10 Å². The Morgan fingerprint density at radius 3 is 2.59 bits per heavy atom. The molecule has 0 unspecified atom stereocenters. The molecule has 0 bridgehead atoms. The number of aryl methyl sites for hydroxylation is 2. The van der Waals surface area contributed by atoms with Crippen LogP contribution in [0.4, 0.5) is 0 Å². The van der Waals surface area contributed by atoms with Crippen LogP contribution >= 0.6 is 27.5 Å². The molecule has 0 saturated carbocycles. The van der Waals surface area contributed by atoms with Crippen molar-refractivity contribution in [3.05, 3.63) is 116 Å². The molecule has 41 heavy (non-hydrogen) atoms. The topological polar surface area (TPSA) is 92.8 Å². The first-order valence-corrected chi connectivity index (χ1v) is 13.8. The molecular weight excluding hydrogens is 606 g/mol. The number of halogens is 2. The molecule has 5 rings (SSSR count). The SMILES string of the molecule is COc1cccc(C(=O)Oc2ccc(Br)cc2C=NNC(=O)c2[nH]c3c(C)cc(C)cc3c2-c2ccccc2Cl)c1. The van der Waals surface area contributed by atoms with E-state index < -0.39 is 11.9 Å². The van der Waals surface area contributed by atoms with Crippen molar-refractivity contribution in [3.63, 3.8) is 0 Å². The number of amides is 1. The Kier molecular flexibility index (Phi) is 8.23. The molecular formula is C32H25BrClN3O4. The Morgan fingerprint density at radius 1 is 1.00 bits per heavy atom. The number of benzene rings is 4. The van der Waals surface area contributed by atoms with Gasteiger partial charge in [-0.3, -0.25) is 4.79 Å². The fraction of sp³-hybridized carbons (Fsp3) is 0.0938. The number of aromatic nitrogens is 1. The third kappa shape index (κ3) is 6.04. The molecule has 1 heterocycles. The largest absolute Gasteiger partial charge is 0.497 e. The minimum Gasteiger partial charge on any atom is -0.497 e. The molecule has 9 heteroatoms. The van der Waals surface area contributed by atoms with E-state index in [1.807, 2.05) is 38.1 Å². The van der Waals surface area contributed by atoms with Crippen molar-refractivity contribution >= 4 is 56.5 Å². The zero-order chi connectivity index (χ0) is 29.1. The number of H-pyrrole nitrogens is 1. The number of rotatable bonds is 7. The fourth-order valence-corrected chi connectivity index (χ4v) is 5.21. The monoisotopic (exact) mass is 629 g/mol. The van der Waals surface area contributed by atoms with E-state index in [0.717, 1.165) is 32.1 Å². The van der Waals surface area contributed by atoms with Crippen molar-refractivity contribution in [3.8, 4) is 22.6 Å². The summed E-state index contributed by atoms with van der Waals surface area (Å²) in [5.41, 5.74) is 8.09. The third-order valence-corrected chi connectivity index (χ3v) is 7.29. The molecule has 0 spiro atoms. The lowest BCUT2D eigenvalue weighted by Crippen LogP contribution is -2.19. The van der Waals surface area contributed by atoms with E-state index in [1.165, 1.54) is 13.3 Å². The third-order valence-electron chi connectivity index (χ3n) is 6.47. The highest BCUT2D eigenvalue weighted by Crippen LogP contribution is 2.38. The van der Waals surface area contributed by atoms with E-state index in [1.54, 1.807) is 48.5 Å². The van der Waals surface area contributed by atoms with Crippen LogP contribution in [0.3, 0.4) is 0 Å². The van der Waals surface area contributed by atoms with Crippen molar-refractivity contribution in [2.75, 3.05) is 7.11 Å². The molecule has 2 N–H and O–H groups in total. The quantitative estimate of drug-likeness (QED) is 0.0829. The second-order valence-electron chi connectivity index (χ2n) is 9.36. The molecule has 7 nitrogen and oxygen atoms in total. The van der Waals surface area contributed by atoms with Crippen molar-refractivity contribution in [1.29, 1.82) is 0 Å². The van der Waals surface area contributed by atoms with Gasteiger partial charge in [0.05, 0.1) is 18.9 Å². The molecule has 0 atom stereocenters. The Hall–Kier alpha value is -4.40. The zero-order valence-electron chi connectivity index (χ0n) is 22.4. The Bertz CT molecular complexity index is 1830. The molecule has 0 fully saturated rings. The average Bonchev–Trinajstić information content (AvgIpc) is 3.34. The minimum atomic E-state index is -0.557. The number of hydrogen-bond donors (Lipinski definition) is 2. The summed E-state index contributed by atoms with van der Waals surface area (Å²) < 4.78 is 11.6. The van der Waals surface area contributed by atoms with Gasteiger partial charge in [0.2, 0.25) is 0 Å². The highest BCUT2D eigenvalue weighted by Gasteiger charge is 2.22. The van der Waals surface area contributed by atoms with Crippen LogP contribution in [0.1, 0.15) is 37.5 Å². The number of nitrogens with zero attached hydrogens (tertiary/aromatic N) is 1. The van der Waals surface area contributed by atoms with Gasteiger partial charge in [-0.05, 0) is 67.9 Å². The number of fused-ring (bicyclic) bond motifs is 1. The van der Waals surface area contributed by atoms with Gasteiger partial charge >= 0.3 is 5.97 Å². The van der Waals surface area contributed by atoms with E-state index >= 15 is 0 Å². The maximum absolute atomic E-state index is 13.5. The van der Waals surface area contributed by atoms with E-state index in [-0.39, 0.29) is 5.75 Å². The van der Waals surface area contributed by atoms with Crippen molar-refractivity contribution in [2.24, 2.45) is 5.10 Å². The van der Waals surface area contributed by atoms with Crippen molar-refractivity contribution < 1.29 is 19.1 Å². The standard InChI is InChI=1S/C32H25BrClN3O4/c1-18-13-19(2)29-25(14-18)28(24-9-4-5-10-26(24)34)30(36-29)31(38)37-35-17-21-15-22(33)11-12-27(21)41-32(39)20-7-6-8-23(16-20)40-3/h4-17,36H,1-3H3,(H,37,38). The Morgan fingerprint density at radius 2 is 1.80 bits per heavy atom. The predicted octanol–water partition coefficient (Wildman–Crippen LogP) is 7.86. The first kappa shape index (κ1) is 28.1. The molecule has 0 aliphatic carbocycles. The molecule has 1 aromatic heterocycles. The molecule has 0 radical (unpaired) electrons. The van der Waals surface area contributed by atoms with Crippen LogP contribution < -0.4 is 14.9 Å². The highest BCUT2D eigenvalue weighted by atomic mass is 79.9. The second kappa shape index (κ2) is 12.0. The van der Waals surface area contributed by atoms with Gasteiger partial charge in [-0.25, -0.2) is 10.2 Å². The summed E-state index contributed by atoms with van der Waals surface area (Å²) in [5, 5.41) is 5.61. The van der Waals surface area contributed by atoms with Gasteiger partial charge in [0.1, 0.15) is 17.2 Å². The average molecular weight is 631 g/mol. The van der Waals surface area contributed by atoms with Gasteiger partial charge in [0, 0.05) is 37.1 Å². The smallest absolute Gasteiger partial charge is 0.343 e. The van der Waals surface area contributed by atoms with E-state index in [0.29, 0.717) is 33.2 Å². The van der Waals surface area contributed by atoms with Gasteiger partial charge in [-0.15, -0.1) is 0 Å². The summed E-state index contributed by atoms with van der Waals surface area (Å²) in [5.74, 6) is -0.196. The summed E-state index contributed by atoms with van der Waals surface area (Å²) in [6, 6.07) is 23.3. The van der Waals surface area contributed by atoms with Gasteiger partial charge in [0.15, 0.2) is 0 Å². The lowest BCUT2D eigenvalue weighted by Gasteiger charge is -2.09. The van der Waals surface area contributed by atoms with Gasteiger partial charge in [-0.1, -0.05) is 63.4 Å². The number of hydrogen-bond acceptors (Lipinski definition) is 5. The number of carbonyl (C=O) groups excluding carboxylic acids is 2. The van der Waals surface area contributed by atoms with Crippen LogP contribution in [0.15, 0.2) is 88.4 Å². The van der Waals surface area contributed by atoms with E-state index in [9.17, 15) is 9.59 Å². The lowest BCUT2D eigenvalue weighted by molar-refractivity contribution is 0.0733. The number of ether oxygens (including phenoxy) is 2. The summed E-state index contributed by atoms with van der Waals surface area (Å²) in [7, 11) is 1.53. The van der Waals surface area contributed by atoms with Gasteiger partial charge < -0.3 is 14.5 Å². The number of hydrazone groups is 1. The van der Waals surface area contributed by atoms with Crippen LogP contribution in [0.5, 0.6) is 11.5 Å². The normalized spacial score (nSPS) is 11.1. The number of aromatic amines is 1. The second-order valence-corrected chi connectivity index (χ2v) is 10.7. The number of methoxy groups -OCH3 is 1. The van der Waals surface area contributed by atoms with Crippen molar-refractivity contribution in [2.45, 2.75) is 13.8 Å². The van der Waals surface area contributed by atoms with Gasteiger partial charge in [0.25, 0.3) is 5.91 Å². The maximum Gasteiger partial charge on any atom is 0.343 e. The van der Waals surface area contributed by atoms with E-state index in [4.69, 9.17) is 21.1 Å². The molecule has 4 aromatic carbocycles. The molecule has 206 valence electrons. The fourth-order valence-electron chi connectivity index (χ4n) is 4.61. The van der Waals surface area contributed by atoms with Crippen LogP contribution in [-0.2, 0) is 0 Å². The van der Waals surface area contributed by atoms with Crippen LogP contribution in [0, 0.1) is 13.8 Å². The molecule has 0 saturated heterocycles. The summed E-state index contributed by atoms with van der Waals surface area (Å²) in [6.45, 7) is 4.00. The first-order chi connectivity index (χ1) is 19.7. The number of nitrogens with one attached hydrogen (secondary N) is 2. The summed E-state index contributed by atoms with van der Waals surface area (Å²) >= 11 is 10.00. The van der Waals surface area contributed by atoms with Crippen molar-refractivity contribution in [1.82, 2.24) is 10.4 Å². The minimum absolute atomic E-state index is 0.271. The zero-order valence-corrected chi connectivity index (χ0v) is 24.8. The Labute approximate surface area is 250 Å². The summed E-state index contributed by atoms with van der Waals surface area (Å²) in [6.07, 6.45) is 1.42. The number of esters is 1. The first-order valence-electron chi connectivity index (χ1n) is 12.6. The lowest BCUT2D eigenvalue weighted by atomic mass is 9.99. The molecule has 1 amide bonds. The van der Waals surface area contributed by atoms with E-state index in [2.05, 4.69) is 37.5 Å².